The predicted molar refractivity (Wildman–Crippen MR) is 103 cm³/mol. The number of carbonyl (C=O) groups excluding carboxylic acids is 1. The number of piperazine rings is 1. The highest BCUT2D eigenvalue weighted by Crippen LogP contribution is 2.27. The van der Waals surface area contributed by atoms with Gasteiger partial charge in [-0.15, -0.1) is 12.4 Å². The van der Waals surface area contributed by atoms with E-state index < -0.39 is 0 Å². The molecule has 1 saturated heterocycles. The lowest BCUT2D eigenvalue weighted by Crippen LogP contribution is -2.48. The Labute approximate surface area is 155 Å². The van der Waals surface area contributed by atoms with E-state index in [1.54, 1.807) is 7.11 Å². The molecule has 1 aliphatic rings. The van der Waals surface area contributed by atoms with Gasteiger partial charge in [-0.1, -0.05) is 43.3 Å². The molecule has 2 aromatic rings. The number of halogens is 1. The van der Waals surface area contributed by atoms with Crippen molar-refractivity contribution in [1.82, 2.24) is 10.2 Å². The molecule has 4 nitrogen and oxygen atoms in total. The molecule has 1 aliphatic heterocycles. The lowest BCUT2D eigenvalue weighted by Gasteiger charge is -2.37. The van der Waals surface area contributed by atoms with Gasteiger partial charge in [0, 0.05) is 19.6 Å². The lowest BCUT2D eigenvalue weighted by atomic mass is 10.00. The summed E-state index contributed by atoms with van der Waals surface area (Å²) < 4.78 is 5.37. The van der Waals surface area contributed by atoms with Crippen LogP contribution in [-0.4, -0.2) is 37.6 Å². The van der Waals surface area contributed by atoms with Gasteiger partial charge in [0.2, 0.25) is 0 Å². The lowest BCUT2D eigenvalue weighted by molar-refractivity contribution is 0.0631. The van der Waals surface area contributed by atoms with Gasteiger partial charge in [0.25, 0.3) is 5.91 Å². The van der Waals surface area contributed by atoms with Crippen LogP contribution in [0.5, 0.6) is 5.75 Å². The molecular weight excluding hydrogens is 336 g/mol. The minimum absolute atomic E-state index is 0. The Bertz CT molecular complexity index is 703. The molecule has 1 amide bonds. The van der Waals surface area contributed by atoms with E-state index in [0.29, 0.717) is 17.9 Å². The zero-order chi connectivity index (χ0) is 16.9. The summed E-state index contributed by atoms with van der Waals surface area (Å²) in [5.74, 6) is 0.652. The first-order valence-corrected chi connectivity index (χ1v) is 8.48. The Hall–Kier alpha value is -2.04. The van der Waals surface area contributed by atoms with Crippen LogP contribution in [0.1, 0.15) is 34.5 Å². The summed E-state index contributed by atoms with van der Waals surface area (Å²) in [6.45, 7) is 4.42. The number of amides is 1. The van der Waals surface area contributed by atoms with Crippen molar-refractivity contribution in [2.75, 3.05) is 26.7 Å². The van der Waals surface area contributed by atoms with E-state index in [2.05, 4.69) is 36.5 Å². The topological polar surface area (TPSA) is 41.6 Å². The van der Waals surface area contributed by atoms with Crippen molar-refractivity contribution in [3.8, 4) is 5.75 Å². The second kappa shape index (κ2) is 8.88. The standard InChI is InChI=1S/C20H24N2O2.ClH/c1-3-15-8-10-16(11-9-15)18-14-21-12-13-22(18)20(23)17-6-4-5-7-19(17)24-2;/h4-11,18,21H,3,12-14H2,1-2H3;1H. The van der Waals surface area contributed by atoms with Crippen molar-refractivity contribution in [3.05, 3.63) is 65.2 Å². The number of aryl methyl sites for hydroxylation is 1. The number of methoxy groups -OCH3 is 1. The summed E-state index contributed by atoms with van der Waals surface area (Å²) in [4.78, 5) is 15.1. The Morgan fingerprint density at radius 2 is 1.92 bits per heavy atom. The normalized spacial score (nSPS) is 16.9. The van der Waals surface area contributed by atoms with Crippen molar-refractivity contribution in [2.24, 2.45) is 0 Å². The van der Waals surface area contributed by atoms with Crippen molar-refractivity contribution in [2.45, 2.75) is 19.4 Å². The van der Waals surface area contributed by atoms with Crippen molar-refractivity contribution < 1.29 is 9.53 Å². The number of nitrogens with one attached hydrogen (secondary N) is 1. The van der Waals surface area contributed by atoms with E-state index in [1.165, 1.54) is 11.1 Å². The molecule has 1 heterocycles. The quantitative estimate of drug-likeness (QED) is 0.907. The Balaban J connectivity index is 0.00000225. The van der Waals surface area contributed by atoms with Crippen LogP contribution in [0, 0.1) is 0 Å². The Morgan fingerprint density at radius 1 is 1.20 bits per heavy atom. The average molecular weight is 361 g/mol. The third-order valence-electron chi connectivity index (χ3n) is 4.61. The summed E-state index contributed by atoms with van der Waals surface area (Å²) in [7, 11) is 1.60. The number of hydrogen-bond acceptors (Lipinski definition) is 3. The first-order chi connectivity index (χ1) is 11.7. The zero-order valence-corrected chi connectivity index (χ0v) is 15.5. The molecule has 2 aromatic carbocycles. The molecule has 1 unspecified atom stereocenters. The molecule has 0 saturated carbocycles. The number of ether oxygens (including phenoxy) is 1. The SMILES string of the molecule is CCc1ccc(C2CNCCN2C(=O)c2ccccc2OC)cc1.Cl. The summed E-state index contributed by atoms with van der Waals surface area (Å²) in [6.07, 6.45) is 1.02. The molecule has 3 rings (SSSR count). The molecular formula is C20H25ClN2O2. The molecule has 0 aromatic heterocycles. The number of carbonyl (C=O) groups is 1. The van der Waals surface area contributed by atoms with Crippen LogP contribution in [0.2, 0.25) is 0 Å². The van der Waals surface area contributed by atoms with Crippen LogP contribution in [0.15, 0.2) is 48.5 Å². The van der Waals surface area contributed by atoms with E-state index >= 15 is 0 Å². The molecule has 5 heteroatoms. The highest BCUT2D eigenvalue weighted by atomic mass is 35.5. The van der Waals surface area contributed by atoms with Gasteiger partial charge < -0.3 is 15.0 Å². The maximum Gasteiger partial charge on any atom is 0.258 e. The van der Waals surface area contributed by atoms with Crippen molar-refractivity contribution in [1.29, 1.82) is 0 Å². The Kier molecular flexibility index (Phi) is 6.85. The molecule has 1 N–H and O–H groups in total. The van der Waals surface area contributed by atoms with E-state index in [1.807, 2.05) is 29.2 Å². The number of rotatable bonds is 4. The molecule has 25 heavy (non-hydrogen) atoms. The van der Waals surface area contributed by atoms with Gasteiger partial charge >= 0.3 is 0 Å². The highest BCUT2D eigenvalue weighted by molar-refractivity contribution is 5.97. The summed E-state index contributed by atoms with van der Waals surface area (Å²) in [6, 6.07) is 16.0. The Morgan fingerprint density at radius 3 is 2.60 bits per heavy atom. The average Bonchev–Trinajstić information content (AvgIpc) is 2.67. The van der Waals surface area contributed by atoms with Gasteiger partial charge in [-0.25, -0.2) is 0 Å². The molecule has 0 bridgehead atoms. The highest BCUT2D eigenvalue weighted by Gasteiger charge is 2.29. The molecule has 134 valence electrons. The van der Waals surface area contributed by atoms with Crippen LogP contribution >= 0.6 is 12.4 Å². The number of nitrogens with zero attached hydrogens (tertiary/aromatic N) is 1. The monoisotopic (exact) mass is 360 g/mol. The maximum absolute atomic E-state index is 13.1. The minimum Gasteiger partial charge on any atom is -0.496 e. The molecule has 1 fully saturated rings. The summed E-state index contributed by atoms with van der Waals surface area (Å²) in [5.41, 5.74) is 3.10. The zero-order valence-electron chi connectivity index (χ0n) is 14.7. The molecule has 0 radical (unpaired) electrons. The predicted octanol–water partition coefficient (Wildman–Crippen LogP) is 3.47. The molecule has 1 atom stereocenters. The van der Waals surface area contributed by atoms with Crippen LogP contribution in [0.3, 0.4) is 0 Å². The fraction of sp³-hybridized carbons (Fsp3) is 0.350. The van der Waals surface area contributed by atoms with E-state index in [9.17, 15) is 4.79 Å². The summed E-state index contributed by atoms with van der Waals surface area (Å²) in [5, 5.41) is 3.40. The van der Waals surface area contributed by atoms with Gasteiger partial charge in [0.15, 0.2) is 0 Å². The minimum atomic E-state index is 0. The maximum atomic E-state index is 13.1. The largest absolute Gasteiger partial charge is 0.496 e. The smallest absolute Gasteiger partial charge is 0.258 e. The number of hydrogen-bond donors (Lipinski definition) is 1. The van der Waals surface area contributed by atoms with Gasteiger partial charge in [-0.2, -0.15) is 0 Å². The van der Waals surface area contributed by atoms with Crippen LogP contribution < -0.4 is 10.1 Å². The number of benzene rings is 2. The van der Waals surface area contributed by atoms with Crippen molar-refractivity contribution >= 4 is 18.3 Å². The first-order valence-electron chi connectivity index (χ1n) is 8.48. The van der Waals surface area contributed by atoms with Gasteiger partial charge in [0.05, 0.1) is 18.7 Å². The van der Waals surface area contributed by atoms with E-state index in [-0.39, 0.29) is 24.4 Å². The summed E-state index contributed by atoms with van der Waals surface area (Å²) >= 11 is 0. The van der Waals surface area contributed by atoms with Crippen LogP contribution in [-0.2, 0) is 6.42 Å². The first kappa shape index (κ1) is 19.3. The third kappa shape index (κ3) is 4.14. The van der Waals surface area contributed by atoms with Gasteiger partial charge in [-0.3, -0.25) is 4.79 Å². The van der Waals surface area contributed by atoms with Gasteiger partial charge in [0.1, 0.15) is 5.75 Å². The number of para-hydroxylation sites is 1. The molecule has 0 aliphatic carbocycles. The fourth-order valence-corrected chi connectivity index (χ4v) is 3.20. The van der Waals surface area contributed by atoms with Crippen LogP contribution in [0.4, 0.5) is 0 Å². The van der Waals surface area contributed by atoms with Crippen molar-refractivity contribution in [3.63, 3.8) is 0 Å². The van der Waals surface area contributed by atoms with E-state index in [4.69, 9.17) is 4.74 Å². The van der Waals surface area contributed by atoms with E-state index in [0.717, 1.165) is 19.5 Å². The molecule has 0 spiro atoms. The second-order valence-electron chi connectivity index (χ2n) is 6.01. The van der Waals surface area contributed by atoms with Gasteiger partial charge in [-0.05, 0) is 29.7 Å². The van der Waals surface area contributed by atoms with Crippen LogP contribution in [0.25, 0.3) is 0 Å². The second-order valence-corrected chi connectivity index (χ2v) is 6.01. The fourth-order valence-electron chi connectivity index (χ4n) is 3.20. The third-order valence-corrected chi connectivity index (χ3v) is 4.61.